The predicted molar refractivity (Wildman–Crippen MR) is 64.5 cm³/mol. The van der Waals surface area contributed by atoms with Crippen LogP contribution in [0.15, 0.2) is 12.5 Å². The Balaban J connectivity index is 2.63. The Morgan fingerprint density at radius 3 is 2.76 bits per heavy atom. The molecule has 2 atom stereocenters. The van der Waals surface area contributed by atoms with Gasteiger partial charge in [-0.1, -0.05) is 13.8 Å². The molecule has 0 spiro atoms. The highest BCUT2D eigenvalue weighted by molar-refractivity contribution is 5.73. The summed E-state index contributed by atoms with van der Waals surface area (Å²) in [5.41, 5.74) is 6.42. The van der Waals surface area contributed by atoms with Gasteiger partial charge >= 0.3 is 5.97 Å². The van der Waals surface area contributed by atoms with Crippen molar-refractivity contribution >= 4 is 5.97 Å². The molecule has 0 fully saturated rings. The summed E-state index contributed by atoms with van der Waals surface area (Å²) in [6.07, 6.45) is 3.54. The number of carbonyl (C=O) groups is 1. The van der Waals surface area contributed by atoms with Gasteiger partial charge in [0.25, 0.3) is 0 Å². The molecule has 0 aliphatic carbocycles. The van der Waals surface area contributed by atoms with Gasteiger partial charge in [0, 0.05) is 30.9 Å². The number of imidazole rings is 1. The summed E-state index contributed by atoms with van der Waals surface area (Å²) >= 11 is 0. The summed E-state index contributed by atoms with van der Waals surface area (Å²) in [5, 5.41) is 12.2. The van der Waals surface area contributed by atoms with Crippen LogP contribution in [0.4, 0.5) is 0 Å². The fraction of sp³-hybridized carbons (Fsp3) is 0.636. The van der Waals surface area contributed by atoms with E-state index in [0.717, 1.165) is 5.69 Å². The lowest BCUT2D eigenvalue weighted by Gasteiger charge is -2.24. The Morgan fingerprint density at radius 1 is 1.65 bits per heavy atom. The van der Waals surface area contributed by atoms with E-state index in [1.54, 1.807) is 6.20 Å². The van der Waals surface area contributed by atoms with Crippen molar-refractivity contribution in [2.45, 2.75) is 32.4 Å². The molecule has 0 aliphatic rings. The monoisotopic (exact) mass is 240 g/mol. The molecular formula is C11H20N4O2. The van der Waals surface area contributed by atoms with Crippen LogP contribution in [0.5, 0.6) is 0 Å². The molecule has 0 saturated heterocycles. The van der Waals surface area contributed by atoms with Crippen molar-refractivity contribution in [3.63, 3.8) is 0 Å². The highest BCUT2D eigenvalue weighted by atomic mass is 16.4. The standard InChI is InChI=1S/C11H20N4O2/c1-7(2)10(4-12)15-9(11(16)17)3-8-5-13-6-14-8/h5-7,9-10,15H,3-4,12H2,1-2H3,(H,13,14)(H,16,17)/t9-,10+/m0/s1. The molecule has 0 unspecified atom stereocenters. The SMILES string of the molecule is CC(C)[C@@H](CN)N[C@@H](Cc1cnc[nH]1)C(=O)O. The average molecular weight is 240 g/mol. The van der Waals surface area contributed by atoms with E-state index >= 15 is 0 Å². The number of carboxylic acid groups (broad SMARTS) is 1. The molecule has 5 N–H and O–H groups in total. The fourth-order valence-corrected chi connectivity index (χ4v) is 1.62. The molecule has 0 amide bonds. The second-order valence-electron chi connectivity index (χ2n) is 4.42. The van der Waals surface area contributed by atoms with Crippen molar-refractivity contribution in [3.05, 3.63) is 18.2 Å². The summed E-state index contributed by atoms with van der Waals surface area (Å²) in [6, 6.07) is -0.648. The Labute approximate surface area is 101 Å². The Bertz CT molecular complexity index is 337. The molecule has 17 heavy (non-hydrogen) atoms. The average Bonchev–Trinajstić information content (AvgIpc) is 2.75. The van der Waals surface area contributed by atoms with Crippen molar-refractivity contribution in [3.8, 4) is 0 Å². The molecule has 1 rings (SSSR count). The summed E-state index contributed by atoms with van der Waals surface area (Å²) in [4.78, 5) is 17.9. The molecule has 96 valence electrons. The van der Waals surface area contributed by atoms with Crippen LogP contribution >= 0.6 is 0 Å². The normalized spacial score (nSPS) is 14.8. The minimum atomic E-state index is -0.876. The van der Waals surface area contributed by atoms with Gasteiger partial charge in [0.05, 0.1) is 6.33 Å². The number of nitrogens with two attached hydrogens (primary N) is 1. The molecule has 6 heteroatoms. The van der Waals surface area contributed by atoms with E-state index in [1.807, 2.05) is 13.8 Å². The van der Waals surface area contributed by atoms with Crippen LogP contribution < -0.4 is 11.1 Å². The molecule has 0 bridgehead atoms. The van der Waals surface area contributed by atoms with Gasteiger partial charge in [-0.15, -0.1) is 0 Å². The number of rotatable bonds is 7. The van der Waals surface area contributed by atoms with E-state index in [-0.39, 0.29) is 6.04 Å². The minimum absolute atomic E-state index is 0.000906. The zero-order chi connectivity index (χ0) is 12.8. The van der Waals surface area contributed by atoms with Gasteiger partial charge in [0.1, 0.15) is 6.04 Å². The van der Waals surface area contributed by atoms with E-state index in [1.165, 1.54) is 6.33 Å². The van der Waals surface area contributed by atoms with Crippen LogP contribution in [0.3, 0.4) is 0 Å². The van der Waals surface area contributed by atoms with Crippen molar-refractivity contribution < 1.29 is 9.90 Å². The van der Waals surface area contributed by atoms with Gasteiger partial charge in [-0.3, -0.25) is 10.1 Å². The molecule has 0 aliphatic heterocycles. The number of aliphatic carboxylic acids is 1. The third-order valence-corrected chi connectivity index (χ3v) is 2.75. The van der Waals surface area contributed by atoms with Crippen LogP contribution in [-0.2, 0) is 11.2 Å². The Morgan fingerprint density at radius 2 is 2.35 bits per heavy atom. The van der Waals surface area contributed by atoms with Crippen LogP contribution in [-0.4, -0.2) is 39.7 Å². The van der Waals surface area contributed by atoms with Crippen LogP contribution in [0.1, 0.15) is 19.5 Å². The fourth-order valence-electron chi connectivity index (χ4n) is 1.62. The van der Waals surface area contributed by atoms with Crippen molar-refractivity contribution in [2.24, 2.45) is 11.7 Å². The Kier molecular flexibility index (Phi) is 5.11. The molecule has 0 saturated carbocycles. The maximum absolute atomic E-state index is 11.2. The van der Waals surface area contributed by atoms with Crippen molar-refractivity contribution in [1.82, 2.24) is 15.3 Å². The molecule has 6 nitrogen and oxygen atoms in total. The number of nitrogens with zero attached hydrogens (tertiary/aromatic N) is 1. The highest BCUT2D eigenvalue weighted by Gasteiger charge is 2.23. The predicted octanol–water partition coefficient (Wildman–Crippen LogP) is -0.0217. The molecular weight excluding hydrogens is 220 g/mol. The quantitative estimate of drug-likeness (QED) is 0.536. The zero-order valence-corrected chi connectivity index (χ0v) is 10.2. The molecule has 0 radical (unpaired) electrons. The number of carboxylic acids is 1. The van der Waals surface area contributed by atoms with Gasteiger partial charge in [-0.25, -0.2) is 4.98 Å². The maximum atomic E-state index is 11.2. The molecule has 1 aromatic heterocycles. The lowest BCUT2D eigenvalue weighted by atomic mass is 10.0. The molecule has 0 aromatic carbocycles. The van der Waals surface area contributed by atoms with E-state index < -0.39 is 12.0 Å². The van der Waals surface area contributed by atoms with Crippen molar-refractivity contribution in [2.75, 3.05) is 6.54 Å². The first kappa shape index (κ1) is 13.7. The highest BCUT2D eigenvalue weighted by Crippen LogP contribution is 2.05. The lowest BCUT2D eigenvalue weighted by Crippen LogP contribution is -2.50. The maximum Gasteiger partial charge on any atom is 0.321 e. The first-order chi connectivity index (χ1) is 8.04. The van der Waals surface area contributed by atoms with Gasteiger partial charge in [0.2, 0.25) is 0 Å². The smallest absolute Gasteiger partial charge is 0.321 e. The van der Waals surface area contributed by atoms with Gasteiger partial charge in [-0.2, -0.15) is 0 Å². The largest absolute Gasteiger partial charge is 0.480 e. The van der Waals surface area contributed by atoms with Crippen LogP contribution in [0.25, 0.3) is 0 Å². The van der Waals surface area contributed by atoms with Gasteiger partial charge in [0.15, 0.2) is 0 Å². The summed E-state index contributed by atoms with van der Waals surface area (Å²) in [6.45, 7) is 4.45. The minimum Gasteiger partial charge on any atom is -0.480 e. The number of H-pyrrole nitrogens is 1. The number of hydrogen-bond acceptors (Lipinski definition) is 4. The van der Waals surface area contributed by atoms with Gasteiger partial charge < -0.3 is 15.8 Å². The first-order valence-electron chi connectivity index (χ1n) is 5.70. The second-order valence-corrected chi connectivity index (χ2v) is 4.42. The van der Waals surface area contributed by atoms with E-state index in [4.69, 9.17) is 10.8 Å². The lowest BCUT2D eigenvalue weighted by molar-refractivity contribution is -0.139. The van der Waals surface area contributed by atoms with E-state index in [2.05, 4.69) is 15.3 Å². The summed E-state index contributed by atoms with van der Waals surface area (Å²) < 4.78 is 0. The van der Waals surface area contributed by atoms with Crippen LogP contribution in [0, 0.1) is 5.92 Å². The Hall–Kier alpha value is -1.40. The number of nitrogens with one attached hydrogen (secondary N) is 2. The second kappa shape index (κ2) is 6.36. The number of hydrogen-bond donors (Lipinski definition) is 4. The molecule has 1 heterocycles. The third-order valence-electron chi connectivity index (χ3n) is 2.75. The summed E-state index contributed by atoms with van der Waals surface area (Å²) in [7, 11) is 0. The zero-order valence-electron chi connectivity index (χ0n) is 10.2. The van der Waals surface area contributed by atoms with Crippen molar-refractivity contribution in [1.29, 1.82) is 0 Å². The number of aromatic amines is 1. The summed E-state index contributed by atoms with van der Waals surface area (Å²) in [5.74, 6) is -0.581. The van der Waals surface area contributed by atoms with E-state index in [0.29, 0.717) is 18.9 Å². The van der Waals surface area contributed by atoms with Gasteiger partial charge in [-0.05, 0) is 5.92 Å². The third kappa shape index (κ3) is 4.16. The first-order valence-corrected chi connectivity index (χ1v) is 5.70. The molecule has 1 aromatic rings. The topological polar surface area (TPSA) is 104 Å². The number of aromatic nitrogens is 2. The van der Waals surface area contributed by atoms with E-state index in [9.17, 15) is 4.79 Å². The van der Waals surface area contributed by atoms with Crippen LogP contribution in [0.2, 0.25) is 0 Å².